The maximum Gasteiger partial charge on any atom is 0.255 e. The lowest BCUT2D eigenvalue weighted by molar-refractivity contribution is 0.102. The molecule has 0 fully saturated rings. The van der Waals surface area contributed by atoms with Gasteiger partial charge in [-0.15, -0.1) is 0 Å². The lowest BCUT2D eigenvalue weighted by atomic mass is 10.1. The van der Waals surface area contributed by atoms with Gasteiger partial charge < -0.3 is 5.32 Å². The summed E-state index contributed by atoms with van der Waals surface area (Å²) in [5.41, 5.74) is 3.25. The predicted octanol–water partition coefficient (Wildman–Crippen LogP) is 2.77. The van der Waals surface area contributed by atoms with E-state index in [9.17, 15) is 13.2 Å². The van der Waals surface area contributed by atoms with E-state index in [0.29, 0.717) is 11.1 Å². The molecule has 0 atom stereocenters. The number of carbonyl (C=O) groups excluding carboxylic acids is 1. The third kappa shape index (κ3) is 3.78. The highest BCUT2D eigenvalue weighted by Crippen LogP contribution is 2.22. The van der Waals surface area contributed by atoms with Crippen molar-refractivity contribution in [3.63, 3.8) is 0 Å². The van der Waals surface area contributed by atoms with Gasteiger partial charge in [0.25, 0.3) is 5.91 Å². The number of aryl methyl sites for hydroxylation is 2. The molecular formula is C17H20N2O3S. The van der Waals surface area contributed by atoms with Crippen LogP contribution in [0.3, 0.4) is 0 Å². The molecular weight excluding hydrogens is 312 g/mol. The molecule has 2 rings (SSSR count). The van der Waals surface area contributed by atoms with Gasteiger partial charge in [-0.3, -0.25) is 4.79 Å². The summed E-state index contributed by atoms with van der Waals surface area (Å²) in [4.78, 5) is 12.5. The van der Waals surface area contributed by atoms with Gasteiger partial charge in [0, 0.05) is 11.3 Å². The molecule has 3 N–H and O–H groups in total. The Bertz CT molecular complexity index is 858. The van der Waals surface area contributed by atoms with Gasteiger partial charge in [0.05, 0.1) is 4.90 Å². The van der Waals surface area contributed by atoms with Crippen molar-refractivity contribution in [1.82, 2.24) is 0 Å². The van der Waals surface area contributed by atoms with Gasteiger partial charge in [-0.25, -0.2) is 13.6 Å². The summed E-state index contributed by atoms with van der Waals surface area (Å²) in [6, 6.07) is 10.5. The van der Waals surface area contributed by atoms with Gasteiger partial charge in [0.1, 0.15) is 0 Å². The molecule has 0 heterocycles. The van der Waals surface area contributed by atoms with Crippen LogP contribution in [0.1, 0.15) is 34.0 Å². The van der Waals surface area contributed by atoms with Gasteiger partial charge in [-0.05, 0) is 55.2 Å². The van der Waals surface area contributed by atoms with Crippen molar-refractivity contribution < 1.29 is 13.2 Å². The summed E-state index contributed by atoms with van der Waals surface area (Å²) in [5, 5.41) is 8.06. The maximum absolute atomic E-state index is 12.5. The maximum atomic E-state index is 12.5. The standard InChI is InChI=1S/C17H20N2O3S/c1-4-13-7-5-6-8-15(13)19-17(20)14-9-11(2)12(3)16(10-14)23(18,21)22/h5-10H,4H2,1-3H3,(H,19,20)(H2,18,21,22). The number of sulfonamides is 1. The summed E-state index contributed by atoms with van der Waals surface area (Å²) in [5.74, 6) is -0.362. The van der Waals surface area contributed by atoms with Crippen molar-refractivity contribution in [2.75, 3.05) is 5.32 Å². The average Bonchev–Trinajstić information content (AvgIpc) is 2.49. The lowest BCUT2D eigenvalue weighted by Crippen LogP contribution is -2.18. The number of para-hydroxylation sites is 1. The van der Waals surface area contributed by atoms with Crippen molar-refractivity contribution in [2.45, 2.75) is 32.1 Å². The van der Waals surface area contributed by atoms with Crippen molar-refractivity contribution in [3.8, 4) is 0 Å². The number of hydrogen-bond donors (Lipinski definition) is 2. The first kappa shape index (κ1) is 17.2. The second-order valence-corrected chi connectivity index (χ2v) is 6.96. The molecule has 5 nitrogen and oxygen atoms in total. The van der Waals surface area contributed by atoms with Crippen LogP contribution >= 0.6 is 0 Å². The Morgan fingerprint density at radius 2 is 1.83 bits per heavy atom. The summed E-state index contributed by atoms with van der Waals surface area (Å²) in [7, 11) is -3.88. The largest absolute Gasteiger partial charge is 0.322 e. The van der Waals surface area contributed by atoms with Crippen molar-refractivity contribution in [1.29, 1.82) is 0 Å². The van der Waals surface area contributed by atoms with Gasteiger partial charge in [-0.1, -0.05) is 25.1 Å². The van der Waals surface area contributed by atoms with Crippen LogP contribution in [0.2, 0.25) is 0 Å². The Morgan fingerprint density at radius 1 is 1.17 bits per heavy atom. The molecule has 0 spiro atoms. The molecule has 2 aromatic carbocycles. The summed E-state index contributed by atoms with van der Waals surface area (Å²) in [6.45, 7) is 5.42. The Labute approximate surface area is 136 Å². The Balaban J connectivity index is 2.43. The van der Waals surface area contributed by atoms with E-state index in [1.807, 2.05) is 31.2 Å². The van der Waals surface area contributed by atoms with E-state index in [4.69, 9.17) is 5.14 Å². The van der Waals surface area contributed by atoms with Crippen LogP contribution in [0.15, 0.2) is 41.3 Å². The molecule has 122 valence electrons. The van der Waals surface area contributed by atoms with Crippen molar-refractivity contribution in [3.05, 3.63) is 58.7 Å². The molecule has 2 aromatic rings. The highest BCUT2D eigenvalue weighted by molar-refractivity contribution is 7.89. The van der Waals surface area contributed by atoms with Crippen LogP contribution in [0.4, 0.5) is 5.69 Å². The summed E-state index contributed by atoms with van der Waals surface area (Å²) < 4.78 is 23.4. The van der Waals surface area contributed by atoms with Crippen LogP contribution in [-0.2, 0) is 16.4 Å². The quantitative estimate of drug-likeness (QED) is 0.902. The van der Waals surface area contributed by atoms with E-state index < -0.39 is 10.0 Å². The van der Waals surface area contributed by atoms with E-state index >= 15 is 0 Å². The molecule has 0 aliphatic carbocycles. The molecule has 0 saturated heterocycles. The summed E-state index contributed by atoms with van der Waals surface area (Å²) in [6.07, 6.45) is 0.784. The molecule has 0 bridgehead atoms. The van der Waals surface area contributed by atoms with Crippen LogP contribution in [0.5, 0.6) is 0 Å². The fourth-order valence-corrected chi connectivity index (χ4v) is 3.28. The third-order valence-electron chi connectivity index (χ3n) is 3.83. The SMILES string of the molecule is CCc1ccccc1NC(=O)c1cc(C)c(C)c(S(N)(=O)=O)c1. The minimum absolute atomic E-state index is 0.0218. The molecule has 0 aliphatic rings. The van der Waals surface area contributed by atoms with E-state index in [1.54, 1.807) is 19.9 Å². The summed E-state index contributed by atoms with van der Waals surface area (Å²) >= 11 is 0. The minimum atomic E-state index is -3.88. The number of anilines is 1. The Morgan fingerprint density at radius 3 is 2.43 bits per heavy atom. The zero-order valence-corrected chi connectivity index (χ0v) is 14.2. The number of hydrogen-bond acceptors (Lipinski definition) is 3. The first-order valence-corrected chi connectivity index (χ1v) is 8.82. The van der Waals surface area contributed by atoms with Crippen molar-refractivity contribution in [2.24, 2.45) is 5.14 Å². The molecule has 0 aromatic heterocycles. The first-order valence-electron chi connectivity index (χ1n) is 7.27. The smallest absolute Gasteiger partial charge is 0.255 e. The predicted molar refractivity (Wildman–Crippen MR) is 91.1 cm³/mol. The second kappa shape index (κ2) is 6.52. The Kier molecular flexibility index (Phi) is 4.87. The molecule has 6 heteroatoms. The van der Waals surface area contributed by atoms with Gasteiger partial charge in [0.15, 0.2) is 0 Å². The molecule has 0 aliphatic heterocycles. The number of benzene rings is 2. The molecule has 1 amide bonds. The first-order chi connectivity index (χ1) is 10.7. The van der Waals surface area contributed by atoms with Crippen LogP contribution in [0, 0.1) is 13.8 Å². The number of carbonyl (C=O) groups is 1. The van der Waals surface area contributed by atoms with Crippen LogP contribution < -0.4 is 10.5 Å². The van der Waals surface area contributed by atoms with Crippen molar-refractivity contribution >= 4 is 21.6 Å². The number of nitrogens with one attached hydrogen (secondary N) is 1. The second-order valence-electron chi connectivity index (χ2n) is 5.43. The zero-order valence-electron chi connectivity index (χ0n) is 13.4. The molecule has 23 heavy (non-hydrogen) atoms. The van der Waals surface area contributed by atoms with E-state index in [2.05, 4.69) is 5.32 Å². The number of primary sulfonamides is 1. The monoisotopic (exact) mass is 332 g/mol. The number of rotatable bonds is 4. The van der Waals surface area contributed by atoms with Gasteiger partial charge in [0.2, 0.25) is 10.0 Å². The minimum Gasteiger partial charge on any atom is -0.322 e. The normalized spacial score (nSPS) is 11.3. The Hall–Kier alpha value is -2.18. The highest BCUT2D eigenvalue weighted by Gasteiger charge is 2.18. The highest BCUT2D eigenvalue weighted by atomic mass is 32.2. The fraction of sp³-hybridized carbons (Fsp3) is 0.235. The molecule has 0 radical (unpaired) electrons. The topological polar surface area (TPSA) is 89.3 Å². The van der Waals surface area contributed by atoms with Gasteiger partial charge >= 0.3 is 0 Å². The zero-order chi connectivity index (χ0) is 17.2. The fourth-order valence-electron chi connectivity index (χ4n) is 2.40. The number of amides is 1. The lowest BCUT2D eigenvalue weighted by Gasteiger charge is -2.13. The van der Waals surface area contributed by atoms with Gasteiger partial charge in [-0.2, -0.15) is 0 Å². The third-order valence-corrected chi connectivity index (χ3v) is 4.87. The molecule has 0 saturated carbocycles. The van der Waals surface area contributed by atoms with Crippen LogP contribution in [0.25, 0.3) is 0 Å². The molecule has 0 unspecified atom stereocenters. The van der Waals surface area contributed by atoms with E-state index in [-0.39, 0.29) is 16.4 Å². The average molecular weight is 332 g/mol. The number of nitrogens with two attached hydrogens (primary N) is 1. The van der Waals surface area contributed by atoms with Crippen LogP contribution in [-0.4, -0.2) is 14.3 Å². The van der Waals surface area contributed by atoms with E-state index in [1.165, 1.54) is 6.07 Å². The van der Waals surface area contributed by atoms with E-state index in [0.717, 1.165) is 17.7 Å².